The Balaban J connectivity index is 2.53. The number of aromatic nitrogens is 4. The van der Waals surface area contributed by atoms with Crippen LogP contribution in [0, 0.1) is 0 Å². The molecule has 0 spiro atoms. The van der Waals surface area contributed by atoms with E-state index in [0.29, 0.717) is 11.4 Å². The normalized spacial score (nSPS) is 12.4. The molecular weight excluding hydrogens is 190 g/mol. The second-order valence-electron chi connectivity index (χ2n) is 3.17. The van der Waals surface area contributed by atoms with Crippen LogP contribution in [0.25, 0.3) is 11.4 Å². The Hall–Kier alpha value is -1.88. The fraction of sp³-hybridized carbons (Fsp3) is 0.200. The molecule has 5 heteroatoms. The van der Waals surface area contributed by atoms with Crippen molar-refractivity contribution in [3.63, 3.8) is 0 Å². The maximum absolute atomic E-state index is 5.80. The number of hydrogen-bond donors (Lipinski definition) is 1. The first-order chi connectivity index (χ1) is 7.29. The second kappa shape index (κ2) is 4.10. The Morgan fingerprint density at radius 2 is 1.80 bits per heavy atom. The fourth-order valence-electron chi connectivity index (χ4n) is 1.30. The Kier molecular flexibility index (Phi) is 2.64. The van der Waals surface area contributed by atoms with Gasteiger partial charge in [-0.25, -0.2) is 0 Å². The predicted molar refractivity (Wildman–Crippen MR) is 55.7 cm³/mol. The Morgan fingerprint density at radius 3 is 2.47 bits per heavy atom. The molecule has 0 radical (unpaired) electrons. The molecule has 0 aromatic carbocycles. The molecule has 5 nitrogen and oxygen atoms in total. The van der Waals surface area contributed by atoms with Gasteiger partial charge in [0.25, 0.3) is 0 Å². The summed E-state index contributed by atoms with van der Waals surface area (Å²) in [5.41, 5.74) is 7.92. The number of rotatable bonds is 2. The van der Waals surface area contributed by atoms with Gasteiger partial charge in [-0.3, -0.25) is 19.9 Å². The third-order valence-corrected chi connectivity index (χ3v) is 1.96. The summed E-state index contributed by atoms with van der Waals surface area (Å²) >= 11 is 0. The van der Waals surface area contributed by atoms with E-state index >= 15 is 0 Å². The van der Waals surface area contributed by atoms with Crippen molar-refractivity contribution in [3.05, 3.63) is 36.7 Å². The first-order valence-electron chi connectivity index (χ1n) is 4.62. The van der Waals surface area contributed by atoms with Crippen molar-refractivity contribution in [1.29, 1.82) is 0 Å². The Morgan fingerprint density at radius 1 is 1.07 bits per heavy atom. The summed E-state index contributed by atoms with van der Waals surface area (Å²) in [6, 6.07) is -0.171. The first kappa shape index (κ1) is 9.67. The van der Waals surface area contributed by atoms with Crippen molar-refractivity contribution in [1.82, 2.24) is 19.9 Å². The van der Waals surface area contributed by atoms with Gasteiger partial charge in [0.15, 0.2) is 0 Å². The fourth-order valence-corrected chi connectivity index (χ4v) is 1.30. The molecular formula is C10H11N5. The maximum Gasteiger partial charge on any atom is 0.113 e. The lowest BCUT2D eigenvalue weighted by atomic mass is 10.1. The lowest BCUT2D eigenvalue weighted by molar-refractivity contribution is 0.774. The summed E-state index contributed by atoms with van der Waals surface area (Å²) in [6.45, 7) is 1.86. The van der Waals surface area contributed by atoms with E-state index in [1.807, 2.05) is 6.92 Å². The minimum absolute atomic E-state index is 0.171. The van der Waals surface area contributed by atoms with Gasteiger partial charge in [0.2, 0.25) is 0 Å². The number of nitrogens with zero attached hydrogens (tertiary/aromatic N) is 4. The van der Waals surface area contributed by atoms with Crippen LogP contribution in [0.1, 0.15) is 18.7 Å². The molecule has 0 fully saturated rings. The van der Waals surface area contributed by atoms with Gasteiger partial charge < -0.3 is 5.73 Å². The van der Waals surface area contributed by atoms with Gasteiger partial charge in [0.05, 0.1) is 11.9 Å². The summed E-state index contributed by atoms with van der Waals surface area (Å²) < 4.78 is 0. The number of nitrogens with two attached hydrogens (primary N) is 1. The largest absolute Gasteiger partial charge is 0.323 e. The highest BCUT2D eigenvalue weighted by Crippen LogP contribution is 2.19. The topological polar surface area (TPSA) is 77.6 Å². The second-order valence-corrected chi connectivity index (χ2v) is 3.17. The van der Waals surface area contributed by atoms with Gasteiger partial charge in [-0.2, -0.15) is 0 Å². The van der Waals surface area contributed by atoms with Gasteiger partial charge in [0.1, 0.15) is 11.4 Å². The van der Waals surface area contributed by atoms with E-state index in [1.165, 1.54) is 0 Å². The van der Waals surface area contributed by atoms with Crippen molar-refractivity contribution in [2.45, 2.75) is 13.0 Å². The zero-order valence-electron chi connectivity index (χ0n) is 8.33. The minimum atomic E-state index is -0.171. The molecule has 0 aliphatic heterocycles. The molecule has 2 heterocycles. The molecule has 2 aromatic rings. The van der Waals surface area contributed by atoms with Crippen LogP contribution >= 0.6 is 0 Å². The quantitative estimate of drug-likeness (QED) is 0.782. The molecule has 15 heavy (non-hydrogen) atoms. The molecule has 1 atom stereocenters. The number of hydrogen-bond acceptors (Lipinski definition) is 5. The minimum Gasteiger partial charge on any atom is -0.323 e. The highest BCUT2D eigenvalue weighted by molar-refractivity contribution is 5.55. The van der Waals surface area contributed by atoms with E-state index in [2.05, 4.69) is 19.9 Å². The van der Waals surface area contributed by atoms with E-state index in [0.717, 1.165) is 5.69 Å². The van der Waals surface area contributed by atoms with E-state index in [4.69, 9.17) is 5.73 Å². The average molecular weight is 201 g/mol. The highest BCUT2D eigenvalue weighted by Gasteiger charge is 2.11. The molecule has 2 rings (SSSR count). The van der Waals surface area contributed by atoms with Crippen molar-refractivity contribution < 1.29 is 0 Å². The Labute approximate surface area is 87.4 Å². The van der Waals surface area contributed by atoms with Gasteiger partial charge in [-0.15, -0.1) is 0 Å². The highest BCUT2D eigenvalue weighted by atomic mass is 14.9. The van der Waals surface area contributed by atoms with Gasteiger partial charge >= 0.3 is 0 Å². The van der Waals surface area contributed by atoms with Crippen LogP contribution < -0.4 is 5.73 Å². The summed E-state index contributed by atoms with van der Waals surface area (Å²) in [6.07, 6.45) is 8.13. The SMILES string of the molecule is CC(N)c1nccnc1-c1cnccn1. The maximum atomic E-state index is 5.80. The molecule has 76 valence electrons. The van der Waals surface area contributed by atoms with Crippen LogP contribution in [0.3, 0.4) is 0 Å². The van der Waals surface area contributed by atoms with Crippen molar-refractivity contribution in [3.8, 4) is 11.4 Å². The Bertz CT molecular complexity index is 441. The van der Waals surface area contributed by atoms with E-state index < -0.39 is 0 Å². The molecule has 1 unspecified atom stereocenters. The summed E-state index contributed by atoms with van der Waals surface area (Å²) in [5.74, 6) is 0. The summed E-state index contributed by atoms with van der Waals surface area (Å²) in [4.78, 5) is 16.6. The van der Waals surface area contributed by atoms with Gasteiger partial charge in [-0.05, 0) is 6.92 Å². The van der Waals surface area contributed by atoms with Crippen LogP contribution in [-0.2, 0) is 0 Å². The molecule has 0 saturated heterocycles. The van der Waals surface area contributed by atoms with Crippen molar-refractivity contribution >= 4 is 0 Å². The molecule has 0 aliphatic carbocycles. The summed E-state index contributed by atoms with van der Waals surface area (Å²) in [5, 5.41) is 0. The predicted octanol–water partition coefficient (Wildman–Crippen LogP) is 0.953. The summed E-state index contributed by atoms with van der Waals surface area (Å²) in [7, 11) is 0. The van der Waals surface area contributed by atoms with Crippen LogP contribution in [-0.4, -0.2) is 19.9 Å². The third kappa shape index (κ3) is 1.97. The molecule has 0 saturated carbocycles. The van der Waals surface area contributed by atoms with Gasteiger partial charge in [0, 0.05) is 30.8 Å². The monoisotopic (exact) mass is 201 g/mol. The molecule has 0 aliphatic rings. The van der Waals surface area contributed by atoms with Crippen molar-refractivity contribution in [2.75, 3.05) is 0 Å². The van der Waals surface area contributed by atoms with E-state index in [-0.39, 0.29) is 6.04 Å². The molecule has 0 bridgehead atoms. The molecule has 0 amide bonds. The van der Waals surface area contributed by atoms with E-state index in [9.17, 15) is 0 Å². The standard InChI is InChI=1S/C10H11N5/c1-7(11)9-10(15-5-4-14-9)8-6-12-2-3-13-8/h2-7H,11H2,1H3. The van der Waals surface area contributed by atoms with Crippen molar-refractivity contribution in [2.24, 2.45) is 5.73 Å². The smallest absolute Gasteiger partial charge is 0.113 e. The zero-order valence-corrected chi connectivity index (χ0v) is 8.33. The molecule has 2 N–H and O–H groups in total. The average Bonchev–Trinajstić information content (AvgIpc) is 2.30. The van der Waals surface area contributed by atoms with Crippen LogP contribution in [0.5, 0.6) is 0 Å². The lowest BCUT2D eigenvalue weighted by Crippen LogP contribution is -2.10. The third-order valence-electron chi connectivity index (χ3n) is 1.96. The zero-order chi connectivity index (χ0) is 10.7. The van der Waals surface area contributed by atoms with Crippen LogP contribution in [0.15, 0.2) is 31.0 Å². The van der Waals surface area contributed by atoms with Crippen LogP contribution in [0.4, 0.5) is 0 Å². The van der Waals surface area contributed by atoms with E-state index in [1.54, 1.807) is 31.0 Å². The molecule has 2 aromatic heterocycles. The van der Waals surface area contributed by atoms with Gasteiger partial charge in [-0.1, -0.05) is 0 Å². The first-order valence-corrected chi connectivity index (χ1v) is 4.62. The lowest BCUT2D eigenvalue weighted by Gasteiger charge is -2.08. The van der Waals surface area contributed by atoms with Crippen LogP contribution in [0.2, 0.25) is 0 Å².